The van der Waals surface area contributed by atoms with Gasteiger partial charge < -0.3 is 39.6 Å². The van der Waals surface area contributed by atoms with Gasteiger partial charge in [0.1, 0.15) is 36.1 Å². The fourth-order valence-electron chi connectivity index (χ4n) is 7.26. The molecule has 0 aliphatic carbocycles. The van der Waals surface area contributed by atoms with Crippen LogP contribution >= 0.6 is 0 Å². The van der Waals surface area contributed by atoms with E-state index < -0.39 is 65.6 Å². The maximum absolute atomic E-state index is 15.3. The standard InChI is InChI=1S/C40H47F4N7O7/c1-25(24-58-40(55)46-11-15-57-16-12-50-35(52)7-8-36(50)53)47-39(54)51(22-28-19-45-20-33(28)44)37(27-9-13-56-14-10-27)38-48-34(31-18-30(42)5-6-32(31)43)23-49(38)21-26-3-2-4-29(41)17-26/h2-8,17-18,23,25,27-28,33,37,45H,9-16,19-22,24H2,1H3,(H,46,55)(H,47,54). The summed E-state index contributed by atoms with van der Waals surface area (Å²) in [6.07, 6.45) is 2.87. The molecular formula is C40H47F4N7O7. The maximum atomic E-state index is 15.3. The van der Waals surface area contributed by atoms with E-state index in [1.165, 1.54) is 29.2 Å². The first-order valence-electron chi connectivity index (χ1n) is 19.2. The molecule has 0 radical (unpaired) electrons. The number of alkyl carbamates (subject to hydrolysis) is 1. The number of imide groups is 1. The van der Waals surface area contributed by atoms with E-state index in [0.717, 1.165) is 23.1 Å². The van der Waals surface area contributed by atoms with Crippen LogP contribution in [0, 0.1) is 29.3 Å². The van der Waals surface area contributed by atoms with Crippen LogP contribution in [0.4, 0.5) is 27.2 Å². The third-order valence-corrected chi connectivity index (χ3v) is 10.2. The van der Waals surface area contributed by atoms with Gasteiger partial charge in [0.15, 0.2) is 0 Å². The number of halogens is 4. The van der Waals surface area contributed by atoms with E-state index in [1.54, 1.807) is 29.8 Å². The molecule has 0 spiro atoms. The van der Waals surface area contributed by atoms with Crippen LogP contribution in [0.5, 0.6) is 0 Å². The van der Waals surface area contributed by atoms with Crippen molar-refractivity contribution in [3.63, 3.8) is 0 Å². The number of nitrogens with zero attached hydrogens (tertiary/aromatic N) is 4. The number of benzene rings is 2. The zero-order valence-corrected chi connectivity index (χ0v) is 32.0. The average molecular weight is 814 g/mol. The predicted octanol–water partition coefficient (Wildman–Crippen LogP) is 4.11. The Kier molecular flexibility index (Phi) is 14.5. The lowest BCUT2D eigenvalue weighted by atomic mass is 9.89. The third-order valence-electron chi connectivity index (χ3n) is 10.2. The number of imidazole rings is 1. The second-order valence-electron chi connectivity index (χ2n) is 14.5. The Morgan fingerprint density at radius 1 is 1.03 bits per heavy atom. The van der Waals surface area contributed by atoms with E-state index in [4.69, 9.17) is 19.2 Å². The second kappa shape index (κ2) is 19.9. The molecule has 2 fully saturated rings. The number of rotatable bonds is 17. The van der Waals surface area contributed by atoms with E-state index >= 15 is 8.78 Å². The summed E-state index contributed by atoms with van der Waals surface area (Å²) in [5.41, 5.74) is 0.547. The number of hydrogen-bond acceptors (Lipinski definition) is 9. The molecule has 4 heterocycles. The Bertz CT molecular complexity index is 1940. The number of aromatic nitrogens is 2. The van der Waals surface area contributed by atoms with E-state index in [9.17, 15) is 28.0 Å². The number of alkyl halides is 1. The molecule has 2 saturated heterocycles. The van der Waals surface area contributed by atoms with Gasteiger partial charge in [-0.15, -0.1) is 0 Å². The quantitative estimate of drug-likeness (QED) is 0.104. The number of carbonyl (C=O) groups is 4. The van der Waals surface area contributed by atoms with Crippen molar-refractivity contribution in [1.82, 2.24) is 35.3 Å². The number of hydrogen-bond donors (Lipinski definition) is 3. The largest absolute Gasteiger partial charge is 0.447 e. The van der Waals surface area contributed by atoms with Gasteiger partial charge in [-0.1, -0.05) is 12.1 Å². The van der Waals surface area contributed by atoms with E-state index in [-0.39, 0.29) is 69.7 Å². The number of nitrogens with one attached hydrogen (secondary N) is 3. The zero-order valence-electron chi connectivity index (χ0n) is 32.0. The van der Waals surface area contributed by atoms with Crippen molar-refractivity contribution in [2.75, 3.05) is 65.8 Å². The molecule has 4 atom stereocenters. The van der Waals surface area contributed by atoms with Crippen LogP contribution in [0.1, 0.15) is 37.2 Å². The van der Waals surface area contributed by atoms with Gasteiger partial charge in [-0.2, -0.15) is 0 Å². The Labute approximate surface area is 332 Å². The molecule has 3 N–H and O–H groups in total. The van der Waals surface area contributed by atoms with Crippen LogP contribution in [0.15, 0.2) is 60.8 Å². The minimum atomic E-state index is -1.26. The smallest absolute Gasteiger partial charge is 0.407 e. The van der Waals surface area contributed by atoms with Crippen molar-refractivity contribution >= 4 is 23.9 Å². The van der Waals surface area contributed by atoms with Gasteiger partial charge in [-0.3, -0.25) is 14.5 Å². The van der Waals surface area contributed by atoms with E-state index in [1.807, 2.05) is 0 Å². The van der Waals surface area contributed by atoms with Crippen molar-refractivity contribution in [3.8, 4) is 11.3 Å². The summed E-state index contributed by atoms with van der Waals surface area (Å²) >= 11 is 0. The number of ether oxygens (including phenoxy) is 3. The van der Waals surface area contributed by atoms with Crippen LogP contribution < -0.4 is 16.0 Å². The summed E-state index contributed by atoms with van der Waals surface area (Å²) in [5, 5.41) is 8.46. The molecule has 0 bridgehead atoms. The highest BCUT2D eigenvalue weighted by Crippen LogP contribution is 2.38. The average Bonchev–Trinajstić information content (AvgIpc) is 3.90. The van der Waals surface area contributed by atoms with Gasteiger partial charge in [-0.25, -0.2) is 32.1 Å². The maximum Gasteiger partial charge on any atom is 0.407 e. The molecule has 5 amide bonds. The summed E-state index contributed by atoms with van der Waals surface area (Å²) in [6.45, 7) is 2.92. The highest BCUT2D eigenvalue weighted by molar-refractivity contribution is 6.12. The normalized spacial score (nSPS) is 19.4. The molecule has 14 nitrogen and oxygen atoms in total. The topological polar surface area (TPSA) is 156 Å². The molecule has 3 aromatic rings. The van der Waals surface area contributed by atoms with Crippen molar-refractivity contribution in [1.29, 1.82) is 0 Å². The molecule has 3 aliphatic heterocycles. The minimum Gasteiger partial charge on any atom is -0.447 e. The van der Waals surface area contributed by atoms with E-state index in [2.05, 4.69) is 16.0 Å². The lowest BCUT2D eigenvalue weighted by Gasteiger charge is -2.40. The van der Waals surface area contributed by atoms with Crippen LogP contribution in [0.2, 0.25) is 0 Å². The first-order valence-corrected chi connectivity index (χ1v) is 19.2. The number of amides is 5. The van der Waals surface area contributed by atoms with E-state index in [0.29, 0.717) is 44.0 Å². The Balaban J connectivity index is 1.20. The molecule has 18 heteroatoms. The molecule has 2 aromatic carbocycles. The first-order chi connectivity index (χ1) is 28.0. The molecule has 0 saturated carbocycles. The lowest BCUT2D eigenvalue weighted by Crippen LogP contribution is -2.52. The highest BCUT2D eigenvalue weighted by atomic mass is 19.1. The van der Waals surface area contributed by atoms with Crippen LogP contribution in [0.3, 0.4) is 0 Å². The minimum absolute atomic E-state index is 0.0385. The second-order valence-corrected chi connectivity index (χ2v) is 14.5. The Morgan fingerprint density at radius 2 is 1.79 bits per heavy atom. The van der Waals surface area contributed by atoms with Crippen molar-refractivity contribution in [2.45, 2.75) is 44.6 Å². The van der Waals surface area contributed by atoms with Crippen molar-refractivity contribution < 1.29 is 51.0 Å². The van der Waals surface area contributed by atoms with Gasteiger partial charge in [0.25, 0.3) is 11.8 Å². The summed E-state index contributed by atoms with van der Waals surface area (Å²) in [7, 11) is 0. The molecular weight excluding hydrogens is 766 g/mol. The Morgan fingerprint density at radius 3 is 2.52 bits per heavy atom. The molecule has 6 rings (SSSR count). The van der Waals surface area contributed by atoms with Gasteiger partial charge in [-0.05, 0) is 61.6 Å². The number of urea groups is 1. The summed E-state index contributed by atoms with van der Waals surface area (Å²) < 4.78 is 77.5. The first kappa shape index (κ1) is 42.3. The molecule has 1 aromatic heterocycles. The van der Waals surface area contributed by atoms with Crippen molar-refractivity contribution in [2.24, 2.45) is 11.8 Å². The monoisotopic (exact) mass is 813 g/mol. The molecule has 312 valence electrons. The lowest BCUT2D eigenvalue weighted by molar-refractivity contribution is -0.137. The van der Waals surface area contributed by atoms with Crippen LogP contribution in [-0.4, -0.2) is 121 Å². The zero-order chi connectivity index (χ0) is 41.2. The molecule has 4 unspecified atom stereocenters. The van der Waals surface area contributed by atoms with Crippen molar-refractivity contribution in [3.05, 3.63) is 89.7 Å². The summed E-state index contributed by atoms with van der Waals surface area (Å²) in [5.74, 6) is -3.24. The fraction of sp³-hybridized carbons (Fsp3) is 0.475. The number of carbonyl (C=O) groups excluding carboxylic acids is 4. The third kappa shape index (κ3) is 11.0. The molecule has 58 heavy (non-hydrogen) atoms. The fourth-order valence-corrected chi connectivity index (χ4v) is 7.26. The van der Waals surface area contributed by atoms with Crippen LogP contribution in [0.25, 0.3) is 11.3 Å². The molecule has 3 aliphatic rings. The SMILES string of the molecule is CC(COC(=O)NCCOCCN1C(=O)C=CC1=O)NC(=O)N(CC1CNCC1F)C(c1nc(-c2cc(F)ccc2F)cn1Cc1cccc(F)c1)C1CCOCC1. The predicted molar refractivity (Wildman–Crippen MR) is 201 cm³/mol. The van der Waals surface area contributed by atoms with Gasteiger partial charge >= 0.3 is 12.1 Å². The highest BCUT2D eigenvalue weighted by Gasteiger charge is 2.40. The van der Waals surface area contributed by atoms with Crippen LogP contribution in [-0.2, 0) is 30.3 Å². The summed E-state index contributed by atoms with van der Waals surface area (Å²) in [4.78, 5) is 57.6. The Hall–Kier alpha value is -5.33. The van der Waals surface area contributed by atoms with Gasteiger partial charge in [0.2, 0.25) is 0 Å². The van der Waals surface area contributed by atoms with Gasteiger partial charge in [0, 0.05) is 75.8 Å². The van der Waals surface area contributed by atoms with Gasteiger partial charge in [0.05, 0.1) is 37.5 Å². The summed E-state index contributed by atoms with van der Waals surface area (Å²) in [6, 6.07) is 6.81.